The van der Waals surface area contributed by atoms with Gasteiger partial charge in [0.1, 0.15) is 5.82 Å². The zero-order chi connectivity index (χ0) is 18.0. The summed E-state index contributed by atoms with van der Waals surface area (Å²) in [6.45, 7) is 1.75. The number of rotatable bonds is 2. The number of benzene rings is 1. The van der Waals surface area contributed by atoms with Gasteiger partial charge in [0.05, 0.1) is 10.0 Å². The second-order valence-electron chi connectivity index (χ2n) is 6.91. The Labute approximate surface area is 160 Å². The fourth-order valence-corrected chi connectivity index (χ4v) is 4.49. The van der Waals surface area contributed by atoms with Crippen molar-refractivity contribution in [2.75, 3.05) is 23.7 Å². The fourth-order valence-electron chi connectivity index (χ4n) is 3.89. The van der Waals surface area contributed by atoms with E-state index in [1.165, 1.54) is 0 Å². The van der Waals surface area contributed by atoms with Gasteiger partial charge in [-0.1, -0.05) is 29.3 Å². The molecule has 3 aromatic rings. The molecule has 1 aromatic carbocycles. The lowest BCUT2D eigenvalue weighted by atomic mass is 10.0. The third-order valence-electron chi connectivity index (χ3n) is 5.36. The highest BCUT2D eigenvalue weighted by molar-refractivity contribution is 6.39. The van der Waals surface area contributed by atoms with Crippen LogP contribution in [0.1, 0.15) is 0 Å². The first-order valence-electron chi connectivity index (χ1n) is 8.41. The first-order valence-corrected chi connectivity index (χ1v) is 9.16. The zero-order valence-corrected chi connectivity index (χ0v) is 15.2. The molecule has 26 heavy (non-hydrogen) atoms. The molecule has 1 saturated carbocycles. The van der Waals surface area contributed by atoms with E-state index in [1.54, 1.807) is 6.20 Å². The molecule has 3 atom stereocenters. The number of nitrogens with zero attached hydrogens (tertiary/aromatic N) is 4. The molecule has 132 valence electrons. The van der Waals surface area contributed by atoms with E-state index in [2.05, 4.69) is 14.9 Å². The molecule has 0 radical (unpaired) electrons. The smallest absolute Gasteiger partial charge is 0.222 e. The Kier molecular flexibility index (Phi) is 3.50. The van der Waals surface area contributed by atoms with E-state index in [4.69, 9.17) is 39.7 Å². The third kappa shape index (κ3) is 2.40. The van der Waals surface area contributed by atoms with Gasteiger partial charge in [-0.15, -0.1) is 0 Å². The number of nitrogen functional groups attached to an aromatic ring is 1. The van der Waals surface area contributed by atoms with Crippen LogP contribution < -0.4 is 16.4 Å². The summed E-state index contributed by atoms with van der Waals surface area (Å²) in [7, 11) is 0. The Hall–Kier alpha value is -2.15. The molecule has 2 aromatic heterocycles. The van der Waals surface area contributed by atoms with Crippen LogP contribution in [0.4, 0.5) is 11.8 Å². The first-order chi connectivity index (χ1) is 12.5. The summed E-state index contributed by atoms with van der Waals surface area (Å²) in [6, 6.07) is 7.77. The van der Waals surface area contributed by atoms with Crippen LogP contribution in [0.3, 0.4) is 0 Å². The van der Waals surface area contributed by atoms with Gasteiger partial charge in [0.15, 0.2) is 5.65 Å². The molecule has 5 rings (SSSR count). The van der Waals surface area contributed by atoms with Gasteiger partial charge >= 0.3 is 0 Å². The number of hydrogen-bond donors (Lipinski definition) is 2. The van der Waals surface area contributed by atoms with Crippen molar-refractivity contribution in [3.8, 4) is 11.1 Å². The van der Waals surface area contributed by atoms with Gasteiger partial charge < -0.3 is 16.4 Å². The maximum Gasteiger partial charge on any atom is 0.222 e. The van der Waals surface area contributed by atoms with Crippen LogP contribution in [0.5, 0.6) is 0 Å². The van der Waals surface area contributed by atoms with E-state index >= 15 is 0 Å². The number of nitrogens with two attached hydrogens (primary N) is 2. The van der Waals surface area contributed by atoms with Crippen molar-refractivity contribution >= 4 is 46.0 Å². The average molecular weight is 387 g/mol. The minimum Gasteiger partial charge on any atom is -0.368 e. The molecule has 0 bridgehead atoms. The van der Waals surface area contributed by atoms with Crippen LogP contribution >= 0.6 is 23.2 Å². The van der Waals surface area contributed by atoms with Crippen molar-refractivity contribution in [1.29, 1.82) is 0 Å². The number of pyridine rings is 1. The Morgan fingerprint density at radius 1 is 1.08 bits per heavy atom. The lowest BCUT2D eigenvalue weighted by Crippen LogP contribution is -2.29. The van der Waals surface area contributed by atoms with Gasteiger partial charge in [-0.05, 0) is 30.0 Å². The summed E-state index contributed by atoms with van der Waals surface area (Å²) < 4.78 is 0. The second-order valence-corrected chi connectivity index (χ2v) is 7.72. The van der Waals surface area contributed by atoms with Crippen LogP contribution in [0.15, 0.2) is 30.5 Å². The molecule has 0 spiro atoms. The monoisotopic (exact) mass is 386 g/mol. The minimum atomic E-state index is 0.200. The molecule has 2 fully saturated rings. The van der Waals surface area contributed by atoms with Gasteiger partial charge in [0.25, 0.3) is 0 Å². The van der Waals surface area contributed by atoms with Crippen LogP contribution in [0, 0.1) is 11.8 Å². The number of piperidine rings is 1. The average Bonchev–Trinajstić information content (AvgIpc) is 3.03. The maximum absolute atomic E-state index is 6.48. The SMILES string of the molecule is Nc1ncc2cc(-c3c(Cl)cccc3Cl)c(N3C[C@@H]4C(N)[C@@H]4C3)nc2n1. The van der Waals surface area contributed by atoms with E-state index in [9.17, 15) is 0 Å². The van der Waals surface area contributed by atoms with Crippen molar-refractivity contribution in [2.24, 2.45) is 17.6 Å². The maximum atomic E-state index is 6.48. The predicted octanol–water partition coefficient (Wildman–Crippen LogP) is 2.97. The number of hydrogen-bond acceptors (Lipinski definition) is 6. The van der Waals surface area contributed by atoms with E-state index in [0.29, 0.717) is 33.6 Å². The number of aromatic nitrogens is 3. The number of halogens is 2. The lowest BCUT2D eigenvalue weighted by Gasteiger charge is -2.24. The topological polar surface area (TPSA) is 94.0 Å². The van der Waals surface area contributed by atoms with Crippen LogP contribution in [-0.4, -0.2) is 34.1 Å². The van der Waals surface area contributed by atoms with Crippen LogP contribution in [0.25, 0.3) is 22.2 Å². The molecule has 8 heteroatoms. The highest BCUT2D eigenvalue weighted by Gasteiger charge is 2.54. The molecular weight excluding hydrogens is 371 g/mol. The molecule has 1 aliphatic heterocycles. The largest absolute Gasteiger partial charge is 0.368 e. The molecule has 6 nitrogen and oxygen atoms in total. The molecule has 3 heterocycles. The van der Waals surface area contributed by atoms with E-state index in [0.717, 1.165) is 35.4 Å². The Balaban J connectivity index is 1.72. The van der Waals surface area contributed by atoms with Crippen molar-refractivity contribution in [2.45, 2.75) is 6.04 Å². The first kappa shape index (κ1) is 16.1. The highest BCUT2D eigenvalue weighted by atomic mass is 35.5. The molecule has 1 unspecified atom stereocenters. The van der Waals surface area contributed by atoms with Gasteiger partial charge in [0, 0.05) is 41.8 Å². The number of anilines is 2. The predicted molar refractivity (Wildman–Crippen MR) is 104 cm³/mol. The summed E-state index contributed by atoms with van der Waals surface area (Å²) in [5.74, 6) is 2.06. The minimum absolute atomic E-state index is 0.200. The van der Waals surface area contributed by atoms with Crippen molar-refractivity contribution in [1.82, 2.24) is 15.0 Å². The summed E-state index contributed by atoms with van der Waals surface area (Å²) in [5.41, 5.74) is 14.0. The standard InChI is InChI=1S/C18H16Cl2N6/c19-12-2-1-3-13(20)14(12)9-4-8-5-23-18(22)25-16(8)24-17(9)26-6-10-11(7-26)15(10)21/h1-5,10-11,15H,6-7,21H2,(H2,22,23,24,25)/t10-,11+,15?. The summed E-state index contributed by atoms with van der Waals surface area (Å²) in [5, 5.41) is 1.95. The zero-order valence-electron chi connectivity index (χ0n) is 13.7. The quantitative estimate of drug-likeness (QED) is 0.702. The molecule has 1 aliphatic carbocycles. The third-order valence-corrected chi connectivity index (χ3v) is 5.99. The fraction of sp³-hybridized carbons (Fsp3) is 0.278. The molecule has 2 aliphatic rings. The summed E-state index contributed by atoms with van der Waals surface area (Å²) in [4.78, 5) is 15.4. The van der Waals surface area contributed by atoms with Gasteiger partial charge in [-0.2, -0.15) is 4.98 Å². The number of fused-ring (bicyclic) bond motifs is 2. The summed E-state index contributed by atoms with van der Waals surface area (Å²) in [6.07, 6.45) is 1.67. The lowest BCUT2D eigenvalue weighted by molar-refractivity contribution is 0.737. The van der Waals surface area contributed by atoms with Crippen LogP contribution in [-0.2, 0) is 0 Å². The molecular formula is C18H16Cl2N6. The van der Waals surface area contributed by atoms with Gasteiger partial charge in [-0.25, -0.2) is 9.97 Å². The van der Waals surface area contributed by atoms with E-state index < -0.39 is 0 Å². The van der Waals surface area contributed by atoms with E-state index in [1.807, 2.05) is 24.3 Å². The molecule has 1 saturated heterocycles. The van der Waals surface area contributed by atoms with Crippen LogP contribution in [0.2, 0.25) is 10.0 Å². The molecule has 4 N–H and O–H groups in total. The van der Waals surface area contributed by atoms with Crippen molar-refractivity contribution in [3.63, 3.8) is 0 Å². The molecule has 0 amide bonds. The highest BCUT2D eigenvalue weighted by Crippen LogP contribution is 2.48. The van der Waals surface area contributed by atoms with Crippen molar-refractivity contribution < 1.29 is 0 Å². The normalized spacial score (nSPS) is 24.1. The van der Waals surface area contributed by atoms with Crippen molar-refractivity contribution in [3.05, 3.63) is 40.5 Å². The van der Waals surface area contributed by atoms with Gasteiger partial charge in [0.2, 0.25) is 5.95 Å². The second kappa shape index (κ2) is 5.67. The van der Waals surface area contributed by atoms with Gasteiger partial charge in [-0.3, -0.25) is 0 Å². The summed E-state index contributed by atoms with van der Waals surface area (Å²) >= 11 is 13.0. The Bertz CT molecular complexity index is 1010. The Morgan fingerprint density at radius 2 is 1.77 bits per heavy atom. The van der Waals surface area contributed by atoms with E-state index in [-0.39, 0.29) is 5.95 Å². The Morgan fingerprint density at radius 3 is 2.46 bits per heavy atom.